The van der Waals surface area contributed by atoms with E-state index in [1.54, 1.807) is 4.90 Å². The molecule has 1 aromatic rings. The average Bonchev–Trinajstić information content (AvgIpc) is 2.53. The van der Waals surface area contributed by atoms with Gasteiger partial charge < -0.3 is 9.64 Å². The minimum absolute atomic E-state index is 0.128. The highest BCUT2D eigenvalue weighted by atomic mass is 16.5. The number of nitrogens with zero attached hydrogens (tertiary/aromatic N) is 3. The molecular formula is C14H19N3O3. The first-order chi connectivity index (χ1) is 9.65. The number of carbonyl (C=O) groups excluding carboxylic acids is 2. The summed E-state index contributed by atoms with van der Waals surface area (Å²) in [6.45, 7) is 5.84. The van der Waals surface area contributed by atoms with Crippen LogP contribution in [0.3, 0.4) is 0 Å². The van der Waals surface area contributed by atoms with Gasteiger partial charge in [0.2, 0.25) is 0 Å². The van der Waals surface area contributed by atoms with Crippen molar-refractivity contribution in [1.82, 2.24) is 14.9 Å². The van der Waals surface area contributed by atoms with Crippen molar-refractivity contribution in [2.24, 2.45) is 5.92 Å². The molecular weight excluding hydrogens is 258 g/mol. The maximum atomic E-state index is 12.5. The van der Waals surface area contributed by atoms with Crippen LogP contribution in [0.25, 0.3) is 0 Å². The van der Waals surface area contributed by atoms with Crippen LogP contribution in [0.4, 0.5) is 0 Å². The first-order valence-electron chi connectivity index (χ1n) is 6.87. The quantitative estimate of drug-likeness (QED) is 0.773. The Morgan fingerprint density at radius 2 is 1.85 bits per heavy atom. The molecule has 108 valence electrons. The van der Waals surface area contributed by atoms with Gasteiger partial charge in [-0.25, -0.2) is 9.97 Å². The molecule has 0 saturated carbocycles. The number of carbonyl (C=O) groups is 2. The molecule has 0 bridgehead atoms. The molecule has 0 aliphatic carbocycles. The molecule has 20 heavy (non-hydrogen) atoms. The zero-order valence-electron chi connectivity index (χ0n) is 11.8. The molecule has 0 N–H and O–H groups in total. The number of ether oxygens (including phenoxy) is 1. The Kier molecular flexibility index (Phi) is 4.79. The van der Waals surface area contributed by atoms with Crippen LogP contribution in [0.5, 0.6) is 0 Å². The monoisotopic (exact) mass is 277 g/mol. The van der Waals surface area contributed by atoms with Crippen molar-refractivity contribution in [3.63, 3.8) is 0 Å². The average molecular weight is 277 g/mol. The van der Waals surface area contributed by atoms with E-state index < -0.39 is 0 Å². The van der Waals surface area contributed by atoms with Crippen molar-refractivity contribution in [3.05, 3.63) is 23.8 Å². The molecule has 2 rings (SSSR count). The molecule has 1 atom stereocenters. The van der Waals surface area contributed by atoms with Crippen LogP contribution in [0.15, 0.2) is 12.4 Å². The first kappa shape index (κ1) is 14.6. The lowest BCUT2D eigenvalue weighted by molar-refractivity contribution is 0.0297. The molecule has 2 heterocycles. The molecule has 0 spiro atoms. The number of rotatable bonds is 4. The lowest BCUT2D eigenvalue weighted by atomic mass is 9.99. The third-order valence-electron chi connectivity index (χ3n) is 3.49. The molecule has 1 amide bonds. The van der Waals surface area contributed by atoms with Gasteiger partial charge in [-0.2, -0.15) is 0 Å². The highest BCUT2D eigenvalue weighted by Crippen LogP contribution is 2.14. The van der Waals surface area contributed by atoms with Crippen molar-refractivity contribution < 1.29 is 14.3 Å². The fourth-order valence-corrected chi connectivity index (χ4v) is 2.01. The highest BCUT2D eigenvalue weighted by molar-refractivity contribution is 6.06. The van der Waals surface area contributed by atoms with Crippen LogP contribution in [0, 0.1) is 5.92 Å². The van der Waals surface area contributed by atoms with E-state index in [9.17, 15) is 9.59 Å². The largest absolute Gasteiger partial charge is 0.378 e. The van der Waals surface area contributed by atoms with Crippen LogP contribution < -0.4 is 0 Å². The van der Waals surface area contributed by atoms with Crippen molar-refractivity contribution in [3.8, 4) is 0 Å². The van der Waals surface area contributed by atoms with E-state index in [2.05, 4.69) is 9.97 Å². The van der Waals surface area contributed by atoms with E-state index in [4.69, 9.17) is 4.74 Å². The van der Waals surface area contributed by atoms with Crippen LogP contribution in [-0.4, -0.2) is 52.9 Å². The SMILES string of the molecule is CCC(C)C(=O)c1nccnc1C(=O)N1CCOCC1. The molecule has 1 saturated heterocycles. The number of hydrogen-bond donors (Lipinski definition) is 0. The maximum absolute atomic E-state index is 12.5. The molecule has 1 aliphatic heterocycles. The third kappa shape index (κ3) is 3.01. The van der Waals surface area contributed by atoms with Gasteiger partial charge in [0.05, 0.1) is 13.2 Å². The lowest BCUT2D eigenvalue weighted by Gasteiger charge is -2.26. The Labute approximate surface area is 118 Å². The predicted molar refractivity (Wildman–Crippen MR) is 72.5 cm³/mol. The van der Waals surface area contributed by atoms with E-state index >= 15 is 0 Å². The molecule has 6 nitrogen and oxygen atoms in total. The van der Waals surface area contributed by atoms with E-state index in [0.717, 1.165) is 0 Å². The van der Waals surface area contributed by atoms with Gasteiger partial charge in [0.15, 0.2) is 11.5 Å². The van der Waals surface area contributed by atoms with Crippen molar-refractivity contribution in [1.29, 1.82) is 0 Å². The van der Waals surface area contributed by atoms with Crippen LogP contribution >= 0.6 is 0 Å². The Morgan fingerprint density at radius 1 is 1.25 bits per heavy atom. The van der Waals surface area contributed by atoms with Gasteiger partial charge in [0, 0.05) is 31.4 Å². The smallest absolute Gasteiger partial charge is 0.274 e. The van der Waals surface area contributed by atoms with Gasteiger partial charge in [-0.1, -0.05) is 13.8 Å². The maximum Gasteiger partial charge on any atom is 0.274 e. The Hall–Kier alpha value is -1.82. The highest BCUT2D eigenvalue weighted by Gasteiger charge is 2.27. The van der Waals surface area contributed by atoms with E-state index in [1.807, 2.05) is 13.8 Å². The molecule has 0 aromatic carbocycles. The summed E-state index contributed by atoms with van der Waals surface area (Å²) in [6.07, 6.45) is 3.60. The molecule has 1 aliphatic rings. The topological polar surface area (TPSA) is 72.4 Å². The second kappa shape index (κ2) is 6.56. The third-order valence-corrected chi connectivity index (χ3v) is 3.49. The van der Waals surface area contributed by atoms with Crippen LogP contribution in [0.1, 0.15) is 41.2 Å². The summed E-state index contributed by atoms with van der Waals surface area (Å²) >= 11 is 0. The summed E-state index contributed by atoms with van der Waals surface area (Å²) in [5.41, 5.74) is 0.332. The molecule has 0 radical (unpaired) electrons. The van der Waals surface area contributed by atoms with Gasteiger partial charge in [0.25, 0.3) is 5.91 Å². The predicted octanol–water partition coefficient (Wildman–Crippen LogP) is 1.18. The summed E-state index contributed by atoms with van der Waals surface area (Å²) in [5, 5.41) is 0. The number of morpholine rings is 1. The van der Waals surface area contributed by atoms with Crippen LogP contribution in [-0.2, 0) is 4.74 Å². The number of amides is 1. The second-order valence-electron chi connectivity index (χ2n) is 4.83. The van der Waals surface area contributed by atoms with Crippen molar-refractivity contribution in [2.75, 3.05) is 26.3 Å². The van der Waals surface area contributed by atoms with Gasteiger partial charge >= 0.3 is 0 Å². The first-order valence-corrected chi connectivity index (χ1v) is 6.87. The summed E-state index contributed by atoms with van der Waals surface area (Å²) in [4.78, 5) is 34.5. The van der Waals surface area contributed by atoms with Crippen LogP contribution in [0.2, 0.25) is 0 Å². The zero-order chi connectivity index (χ0) is 14.5. The molecule has 1 fully saturated rings. The van der Waals surface area contributed by atoms with E-state index in [1.165, 1.54) is 12.4 Å². The number of aromatic nitrogens is 2. The zero-order valence-corrected chi connectivity index (χ0v) is 11.8. The van der Waals surface area contributed by atoms with E-state index in [0.29, 0.717) is 32.7 Å². The Morgan fingerprint density at radius 3 is 2.45 bits per heavy atom. The molecule has 1 unspecified atom stereocenters. The fourth-order valence-electron chi connectivity index (χ4n) is 2.01. The minimum atomic E-state index is -0.243. The number of hydrogen-bond acceptors (Lipinski definition) is 5. The fraction of sp³-hybridized carbons (Fsp3) is 0.571. The number of ketones is 1. The standard InChI is InChI=1S/C14H19N3O3/c1-3-10(2)13(18)11-12(16-5-4-15-11)14(19)17-6-8-20-9-7-17/h4-5,10H,3,6-9H2,1-2H3. The summed E-state index contributed by atoms with van der Waals surface area (Å²) in [7, 11) is 0. The second-order valence-corrected chi connectivity index (χ2v) is 4.83. The molecule has 1 aromatic heterocycles. The summed E-state index contributed by atoms with van der Waals surface area (Å²) < 4.78 is 5.22. The Bertz CT molecular complexity index is 498. The normalized spacial score (nSPS) is 16.8. The lowest BCUT2D eigenvalue weighted by Crippen LogP contribution is -2.41. The molecule has 6 heteroatoms. The van der Waals surface area contributed by atoms with Crippen molar-refractivity contribution >= 4 is 11.7 Å². The summed E-state index contributed by atoms with van der Waals surface area (Å²) in [5.74, 6) is -0.534. The van der Waals surface area contributed by atoms with Gasteiger partial charge in [-0.3, -0.25) is 9.59 Å². The van der Waals surface area contributed by atoms with Gasteiger partial charge in [-0.15, -0.1) is 0 Å². The summed E-state index contributed by atoms with van der Waals surface area (Å²) in [6, 6.07) is 0. The minimum Gasteiger partial charge on any atom is -0.378 e. The Balaban J connectivity index is 2.27. The van der Waals surface area contributed by atoms with Gasteiger partial charge in [-0.05, 0) is 6.42 Å². The van der Waals surface area contributed by atoms with E-state index in [-0.39, 0.29) is 29.0 Å². The van der Waals surface area contributed by atoms with Gasteiger partial charge in [0.1, 0.15) is 5.69 Å². The number of Topliss-reactive ketones (excluding diaryl/α,β-unsaturated/α-hetero) is 1. The van der Waals surface area contributed by atoms with Crippen molar-refractivity contribution in [2.45, 2.75) is 20.3 Å².